The summed E-state index contributed by atoms with van der Waals surface area (Å²) < 4.78 is 11.4. The third kappa shape index (κ3) is 1.42. The molecule has 2 unspecified atom stereocenters. The predicted octanol–water partition coefficient (Wildman–Crippen LogP) is 1.04. The van der Waals surface area contributed by atoms with E-state index in [0.717, 1.165) is 17.9 Å². The van der Waals surface area contributed by atoms with E-state index in [4.69, 9.17) is 0 Å². The van der Waals surface area contributed by atoms with Crippen molar-refractivity contribution in [2.45, 2.75) is 5.37 Å². The minimum atomic E-state index is -0.723. The van der Waals surface area contributed by atoms with Crippen LogP contribution >= 0.6 is 0 Å². The van der Waals surface area contributed by atoms with Crippen LogP contribution < -0.4 is 5.32 Å². The molecule has 1 N–H and O–H groups in total. The van der Waals surface area contributed by atoms with E-state index < -0.39 is 10.8 Å². The molecule has 0 spiro atoms. The highest BCUT2D eigenvalue weighted by Gasteiger charge is 2.23. The van der Waals surface area contributed by atoms with Crippen LogP contribution in [-0.2, 0) is 10.8 Å². The molecule has 0 radical (unpaired) electrons. The van der Waals surface area contributed by atoms with E-state index in [-0.39, 0.29) is 5.37 Å². The van der Waals surface area contributed by atoms with Crippen LogP contribution in [-0.4, -0.2) is 16.5 Å². The monoisotopic (exact) mass is 181 g/mol. The van der Waals surface area contributed by atoms with Gasteiger partial charge in [0.05, 0.1) is 0 Å². The van der Waals surface area contributed by atoms with Gasteiger partial charge in [0.15, 0.2) is 0 Å². The summed E-state index contributed by atoms with van der Waals surface area (Å²) in [6, 6.07) is 9.96. The van der Waals surface area contributed by atoms with Crippen molar-refractivity contribution in [3.8, 4) is 0 Å². The molecule has 2 nitrogen and oxygen atoms in total. The third-order valence-electron chi connectivity index (χ3n) is 2.00. The molecule has 0 aliphatic carbocycles. The van der Waals surface area contributed by atoms with Crippen molar-refractivity contribution in [2.75, 3.05) is 12.3 Å². The molecule has 1 heterocycles. The fourth-order valence-corrected chi connectivity index (χ4v) is 2.72. The average Bonchev–Trinajstić information content (AvgIpc) is 2.53. The summed E-state index contributed by atoms with van der Waals surface area (Å²) >= 11 is 0. The normalized spacial score (nSPS) is 29.0. The molecule has 1 aliphatic heterocycles. The van der Waals surface area contributed by atoms with Gasteiger partial charge in [-0.25, -0.2) is 0 Å². The molecule has 0 aromatic heterocycles. The summed E-state index contributed by atoms with van der Waals surface area (Å²) in [6.45, 7) is 0.867. The van der Waals surface area contributed by atoms with Gasteiger partial charge in [0.25, 0.3) is 0 Å². The fourth-order valence-electron chi connectivity index (χ4n) is 1.40. The Balaban J connectivity index is 2.25. The molecule has 3 heteroatoms. The lowest BCUT2D eigenvalue weighted by Crippen LogP contribution is -2.14. The van der Waals surface area contributed by atoms with Gasteiger partial charge in [0.1, 0.15) is 5.37 Å². The lowest BCUT2D eigenvalue weighted by molar-refractivity contribution is 0.671. The van der Waals surface area contributed by atoms with Crippen molar-refractivity contribution in [3.05, 3.63) is 35.9 Å². The lowest BCUT2D eigenvalue weighted by Gasteiger charge is -2.08. The zero-order chi connectivity index (χ0) is 8.39. The molecule has 1 saturated heterocycles. The molecule has 1 aliphatic rings. The van der Waals surface area contributed by atoms with Crippen LogP contribution in [0.2, 0.25) is 0 Å². The van der Waals surface area contributed by atoms with Crippen molar-refractivity contribution in [1.29, 1.82) is 0 Å². The number of nitrogens with one attached hydrogen (secondary N) is 1. The molecule has 12 heavy (non-hydrogen) atoms. The van der Waals surface area contributed by atoms with E-state index in [1.165, 1.54) is 0 Å². The minimum Gasteiger partial charge on any atom is -0.299 e. The summed E-state index contributed by atoms with van der Waals surface area (Å²) in [7, 11) is -0.723. The van der Waals surface area contributed by atoms with Gasteiger partial charge in [-0.3, -0.25) is 9.53 Å². The van der Waals surface area contributed by atoms with E-state index in [1.54, 1.807) is 0 Å². The highest BCUT2D eigenvalue weighted by molar-refractivity contribution is 7.85. The average molecular weight is 181 g/mol. The predicted molar refractivity (Wildman–Crippen MR) is 50.2 cm³/mol. The number of hydrogen-bond donors (Lipinski definition) is 1. The first kappa shape index (κ1) is 7.95. The molecule has 0 amide bonds. The summed E-state index contributed by atoms with van der Waals surface area (Å²) in [5.41, 5.74) is 1.13. The highest BCUT2D eigenvalue weighted by atomic mass is 32.2. The van der Waals surface area contributed by atoms with Crippen molar-refractivity contribution in [1.82, 2.24) is 5.32 Å². The van der Waals surface area contributed by atoms with Crippen LogP contribution in [0.25, 0.3) is 0 Å². The van der Waals surface area contributed by atoms with Crippen LogP contribution in [0.3, 0.4) is 0 Å². The zero-order valence-electron chi connectivity index (χ0n) is 6.69. The largest absolute Gasteiger partial charge is 0.299 e. The molecule has 1 aromatic rings. The van der Waals surface area contributed by atoms with Gasteiger partial charge in [-0.1, -0.05) is 30.3 Å². The number of hydrogen-bond acceptors (Lipinski definition) is 2. The van der Waals surface area contributed by atoms with Crippen molar-refractivity contribution >= 4 is 10.8 Å². The number of benzene rings is 1. The Morgan fingerprint density at radius 1 is 1.33 bits per heavy atom. The molecule has 64 valence electrons. The van der Waals surface area contributed by atoms with E-state index in [2.05, 4.69) is 5.32 Å². The molecule has 0 bridgehead atoms. The van der Waals surface area contributed by atoms with Gasteiger partial charge < -0.3 is 0 Å². The summed E-state index contributed by atoms with van der Waals surface area (Å²) in [5, 5.41) is 3.28. The first-order chi connectivity index (χ1) is 5.88. The van der Waals surface area contributed by atoms with Gasteiger partial charge in [-0.15, -0.1) is 0 Å². The maximum absolute atomic E-state index is 11.4. The van der Waals surface area contributed by atoms with Gasteiger partial charge in [-0.2, -0.15) is 0 Å². The summed E-state index contributed by atoms with van der Waals surface area (Å²) in [6.07, 6.45) is 0. The minimum absolute atomic E-state index is 0.0613. The number of rotatable bonds is 1. The zero-order valence-corrected chi connectivity index (χ0v) is 7.51. The van der Waals surface area contributed by atoms with Crippen LogP contribution in [0.4, 0.5) is 0 Å². The van der Waals surface area contributed by atoms with Crippen LogP contribution in [0, 0.1) is 0 Å². The van der Waals surface area contributed by atoms with Gasteiger partial charge >= 0.3 is 0 Å². The lowest BCUT2D eigenvalue weighted by atomic mass is 10.2. The Kier molecular flexibility index (Phi) is 2.23. The molecule has 2 atom stereocenters. The highest BCUT2D eigenvalue weighted by Crippen LogP contribution is 2.19. The first-order valence-electron chi connectivity index (χ1n) is 4.03. The standard InChI is InChI=1S/C9H11NOS/c11-12-7-6-10-9(12)8-4-2-1-3-5-8/h1-5,9-10H,6-7H2. The maximum Gasteiger partial charge on any atom is 0.109 e. The topological polar surface area (TPSA) is 29.1 Å². The van der Waals surface area contributed by atoms with Crippen molar-refractivity contribution < 1.29 is 4.21 Å². The van der Waals surface area contributed by atoms with Crippen LogP contribution in [0.1, 0.15) is 10.9 Å². The Morgan fingerprint density at radius 3 is 2.67 bits per heavy atom. The molecule has 1 fully saturated rings. The fraction of sp³-hybridized carbons (Fsp3) is 0.333. The molecular weight excluding hydrogens is 170 g/mol. The van der Waals surface area contributed by atoms with E-state index in [1.807, 2.05) is 30.3 Å². The third-order valence-corrected chi connectivity index (χ3v) is 3.57. The second kappa shape index (κ2) is 3.37. The van der Waals surface area contributed by atoms with E-state index >= 15 is 0 Å². The smallest absolute Gasteiger partial charge is 0.109 e. The van der Waals surface area contributed by atoms with Gasteiger partial charge in [0, 0.05) is 23.1 Å². The Hall–Kier alpha value is -0.670. The Morgan fingerprint density at radius 2 is 2.08 bits per heavy atom. The van der Waals surface area contributed by atoms with Crippen molar-refractivity contribution in [2.24, 2.45) is 0 Å². The second-order valence-corrected chi connectivity index (χ2v) is 4.47. The van der Waals surface area contributed by atoms with Gasteiger partial charge in [0.2, 0.25) is 0 Å². The van der Waals surface area contributed by atoms with Crippen molar-refractivity contribution in [3.63, 3.8) is 0 Å². The van der Waals surface area contributed by atoms with Crippen LogP contribution in [0.5, 0.6) is 0 Å². The van der Waals surface area contributed by atoms with E-state index in [0.29, 0.717) is 0 Å². The summed E-state index contributed by atoms with van der Waals surface area (Å²) in [5.74, 6) is 0.777. The quantitative estimate of drug-likeness (QED) is 0.701. The van der Waals surface area contributed by atoms with Gasteiger partial charge in [-0.05, 0) is 5.56 Å². The second-order valence-electron chi connectivity index (χ2n) is 2.83. The Bertz CT molecular complexity index is 286. The molecular formula is C9H11NOS. The molecule has 2 rings (SSSR count). The molecule has 1 aromatic carbocycles. The Labute approximate surface area is 74.4 Å². The molecule has 0 saturated carbocycles. The van der Waals surface area contributed by atoms with Crippen LogP contribution in [0.15, 0.2) is 30.3 Å². The first-order valence-corrected chi connectivity index (χ1v) is 5.41. The summed E-state index contributed by atoms with van der Waals surface area (Å²) in [4.78, 5) is 0. The maximum atomic E-state index is 11.4. The van der Waals surface area contributed by atoms with E-state index in [9.17, 15) is 4.21 Å². The SMILES string of the molecule is O=S1CCNC1c1ccccc1.